The van der Waals surface area contributed by atoms with Gasteiger partial charge in [-0.05, 0) is 46.3 Å². The first-order valence-corrected chi connectivity index (χ1v) is 6.54. The third kappa shape index (κ3) is 3.03. The Morgan fingerprint density at radius 2 is 1.90 bits per heavy atom. The van der Waals surface area contributed by atoms with Crippen LogP contribution < -0.4 is 15.8 Å². The van der Waals surface area contributed by atoms with Crippen LogP contribution in [0.5, 0.6) is 5.75 Å². The van der Waals surface area contributed by atoms with Gasteiger partial charge in [0.25, 0.3) is 0 Å². The number of benzene rings is 2. The van der Waals surface area contributed by atoms with E-state index in [2.05, 4.69) is 21.2 Å². The molecule has 2 rings (SSSR count). The van der Waals surface area contributed by atoms with Crippen molar-refractivity contribution in [2.75, 3.05) is 18.2 Å². The van der Waals surface area contributed by atoms with Gasteiger partial charge in [-0.1, -0.05) is 0 Å². The van der Waals surface area contributed by atoms with Gasteiger partial charge in [0.05, 0.1) is 17.1 Å². The van der Waals surface area contributed by atoms with E-state index in [1.54, 1.807) is 19.2 Å². The van der Waals surface area contributed by atoms with Crippen LogP contribution in [0.2, 0.25) is 0 Å². The van der Waals surface area contributed by atoms with Gasteiger partial charge < -0.3 is 20.9 Å². The second kappa shape index (κ2) is 5.83. The van der Waals surface area contributed by atoms with E-state index in [-0.39, 0.29) is 11.3 Å². The molecule has 0 aliphatic heterocycles. The predicted octanol–water partition coefficient (Wildman–Crippen LogP) is 3.48. The Balaban J connectivity index is 2.26. The third-order valence-corrected chi connectivity index (χ3v) is 3.38. The first kappa shape index (κ1) is 14.2. The van der Waals surface area contributed by atoms with Crippen LogP contribution in [0.3, 0.4) is 0 Å². The Bertz CT molecular complexity index is 659. The smallest absolute Gasteiger partial charge is 0.337 e. The minimum atomic E-state index is -1.04. The molecule has 0 unspecified atom stereocenters. The summed E-state index contributed by atoms with van der Waals surface area (Å²) in [6.07, 6.45) is 0. The number of carbonyl (C=O) groups is 1. The van der Waals surface area contributed by atoms with Crippen molar-refractivity contribution in [3.63, 3.8) is 0 Å². The topological polar surface area (TPSA) is 84.6 Å². The molecular formula is C14H13BrN2O3. The van der Waals surface area contributed by atoms with Gasteiger partial charge >= 0.3 is 5.97 Å². The molecule has 104 valence electrons. The predicted molar refractivity (Wildman–Crippen MR) is 81.8 cm³/mol. The fraction of sp³-hybridized carbons (Fsp3) is 0.0714. The zero-order valence-electron chi connectivity index (χ0n) is 10.7. The Morgan fingerprint density at radius 3 is 2.50 bits per heavy atom. The van der Waals surface area contributed by atoms with Crippen LogP contribution in [0, 0.1) is 0 Å². The van der Waals surface area contributed by atoms with Crippen molar-refractivity contribution in [2.24, 2.45) is 0 Å². The van der Waals surface area contributed by atoms with E-state index in [0.29, 0.717) is 11.4 Å². The van der Waals surface area contributed by atoms with Gasteiger partial charge in [0.15, 0.2) is 0 Å². The van der Waals surface area contributed by atoms with Crippen molar-refractivity contribution in [3.05, 3.63) is 46.4 Å². The van der Waals surface area contributed by atoms with Crippen molar-refractivity contribution < 1.29 is 14.6 Å². The molecule has 2 aromatic carbocycles. The van der Waals surface area contributed by atoms with Crippen LogP contribution in [-0.4, -0.2) is 18.2 Å². The van der Waals surface area contributed by atoms with E-state index < -0.39 is 5.97 Å². The molecule has 2 aromatic rings. The molecule has 4 N–H and O–H groups in total. The summed E-state index contributed by atoms with van der Waals surface area (Å²) in [5.41, 5.74) is 7.52. The minimum Gasteiger partial charge on any atom is -0.495 e. The molecule has 0 aliphatic rings. The van der Waals surface area contributed by atoms with Crippen molar-refractivity contribution in [1.29, 1.82) is 0 Å². The molecule has 0 fully saturated rings. The number of hydrogen-bond donors (Lipinski definition) is 3. The van der Waals surface area contributed by atoms with Gasteiger partial charge in [0.2, 0.25) is 0 Å². The molecule has 0 aliphatic carbocycles. The number of nitrogens with one attached hydrogen (secondary N) is 1. The SMILES string of the molecule is COc1cc(Nc2ccc(C(=O)O)c(N)c2)ccc1Br. The number of aromatic carboxylic acids is 1. The maximum atomic E-state index is 10.9. The lowest BCUT2D eigenvalue weighted by molar-refractivity contribution is 0.0698. The number of halogens is 1. The fourth-order valence-electron chi connectivity index (χ4n) is 1.74. The molecule has 0 saturated heterocycles. The maximum absolute atomic E-state index is 10.9. The standard InChI is InChI=1S/C14H13BrN2O3/c1-20-13-7-9(3-5-11(13)15)17-8-2-4-10(14(18)19)12(16)6-8/h2-7,17H,16H2,1H3,(H,18,19). The Hall–Kier alpha value is -2.21. The molecule has 0 atom stereocenters. The number of nitrogen functional groups attached to an aromatic ring is 1. The van der Waals surface area contributed by atoms with Gasteiger partial charge in [-0.25, -0.2) is 4.79 Å². The summed E-state index contributed by atoms with van der Waals surface area (Å²) >= 11 is 3.38. The number of rotatable bonds is 4. The summed E-state index contributed by atoms with van der Waals surface area (Å²) in [7, 11) is 1.59. The molecular weight excluding hydrogens is 324 g/mol. The van der Waals surface area contributed by atoms with E-state index >= 15 is 0 Å². The van der Waals surface area contributed by atoms with E-state index in [4.69, 9.17) is 15.6 Å². The monoisotopic (exact) mass is 336 g/mol. The van der Waals surface area contributed by atoms with E-state index in [1.165, 1.54) is 6.07 Å². The summed E-state index contributed by atoms with van der Waals surface area (Å²) < 4.78 is 6.06. The van der Waals surface area contributed by atoms with E-state index in [1.807, 2.05) is 18.2 Å². The quantitative estimate of drug-likeness (QED) is 0.744. The highest BCUT2D eigenvalue weighted by Gasteiger charge is 2.08. The number of methoxy groups -OCH3 is 1. The molecule has 0 saturated carbocycles. The van der Waals surface area contributed by atoms with Gasteiger partial charge in [-0.3, -0.25) is 0 Å². The first-order chi connectivity index (χ1) is 9.51. The third-order valence-electron chi connectivity index (χ3n) is 2.72. The second-order valence-electron chi connectivity index (χ2n) is 4.08. The van der Waals surface area contributed by atoms with Crippen LogP contribution in [0.4, 0.5) is 17.1 Å². The van der Waals surface area contributed by atoms with Crippen molar-refractivity contribution in [1.82, 2.24) is 0 Å². The largest absolute Gasteiger partial charge is 0.495 e. The summed E-state index contributed by atoms with van der Waals surface area (Å²) in [4.78, 5) is 10.9. The van der Waals surface area contributed by atoms with Crippen LogP contribution >= 0.6 is 15.9 Å². The first-order valence-electron chi connectivity index (χ1n) is 5.74. The summed E-state index contributed by atoms with van der Waals surface area (Å²) in [6, 6.07) is 10.3. The van der Waals surface area contributed by atoms with Crippen molar-refractivity contribution in [3.8, 4) is 5.75 Å². The Kier molecular flexibility index (Phi) is 4.14. The van der Waals surface area contributed by atoms with Gasteiger partial charge in [-0.15, -0.1) is 0 Å². The summed E-state index contributed by atoms with van der Waals surface area (Å²) in [6.45, 7) is 0. The lowest BCUT2D eigenvalue weighted by Gasteiger charge is -2.11. The molecule has 5 nitrogen and oxygen atoms in total. The maximum Gasteiger partial charge on any atom is 0.337 e. The summed E-state index contributed by atoms with van der Waals surface area (Å²) in [5.74, 6) is -0.343. The normalized spacial score (nSPS) is 10.1. The molecule has 0 amide bonds. The number of carboxylic acids is 1. The summed E-state index contributed by atoms with van der Waals surface area (Å²) in [5, 5.41) is 12.1. The zero-order chi connectivity index (χ0) is 14.7. The van der Waals surface area contributed by atoms with Crippen LogP contribution in [0.25, 0.3) is 0 Å². The average molecular weight is 337 g/mol. The molecule has 0 aromatic heterocycles. The van der Waals surface area contributed by atoms with Crippen LogP contribution in [0.15, 0.2) is 40.9 Å². The number of nitrogens with two attached hydrogens (primary N) is 1. The van der Waals surface area contributed by atoms with Gasteiger partial charge in [0.1, 0.15) is 5.75 Å². The average Bonchev–Trinajstić information content (AvgIpc) is 2.40. The Morgan fingerprint density at radius 1 is 1.25 bits per heavy atom. The van der Waals surface area contributed by atoms with Crippen molar-refractivity contribution in [2.45, 2.75) is 0 Å². The highest BCUT2D eigenvalue weighted by atomic mass is 79.9. The molecule has 0 radical (unpaired) electrons. The molecule has 20 heavy (non-hydrogen) atoms. The number of ether oxygens (including phenoxy) is 1. The van der Waals surface area contributed by atoms with Crippen molar-refractivity contribution >= 4 is 39.0 Å². The Labute approximate surface area is 124 Å². The highest BCUT2D eigenvalue weighted by molar-refractivity contribution is 9.10. The highest BCUT2D eigenvalue weighted by Crippen LogP contribution is 2.30. The number of carboxylic acid groups (broad SMARTS) is 1. The second-order valence-corrected chi connectivity index (χ2v) is 4.94. The number of hydrogen-bond acceptors (Lipinski definition) is 4. The minimum absolute atomic E-state index is 0.0870. The zero-order valence-corrected chi connectivity index (χ0v) is 12.3. The van der Waals surface area contributed by atoms with E-state index in [9.17, 15) is 4.79 Å². The van der Waals surface area contributed by atoms with Gasteiger partial charge in [-0.2, -0.15) is 0 Å². The molecule has 0 spiro atoms. The van der Waals surface area contributed by atoms with Crippen LogP contribution in [-0.2, 0) is 0 Å². The molecule has 0 heterocycles. The van der Waals surface area contributed by atoms with Gasteiger partial charge in [0, 0.05) is 23.1 Å². The molecule has 0 bridgehead atoms. The lowest BCUT2D eigenvalue weighted by Crippen LogP contribution is -2.03. The fourth-order valence-corrected chi connectivity index (χ4v) is 2.15. The number of anilines is 3. The van der Waals surface area contributed by atoms with E-state index in [0.717, 1.165) is 10.2 Å². The lowest BCUT2D eigenvalue weighted by atomic mass is 10.1. The van der Waals surface area contributed by atoms with Crippen LogP contribution in [0.1, 0.15) is 10.4 Å². The molecule has 6 heteroatoms.